The summed E-state index contributed by atoms with van der Waals surface area (Å²) >= 11 is 0. The van der Waals surface area contributed by atoms with E-state index in [-0.39, 0.29) is 16.2 Å². The van der Waals surface area contributed by atoms with E-state index >= 15 is 0 Å². The van der Waals surface area contributed by atoms with Crippen LogP contribution in [-0.2, 0) is 21.7 Å². The van der Waals surface area contributed by atoms with Crippen molar-refractivity contribution >= 4 is 0 Å². The zero-order chi connectivity index (χ0) is 23.1. The molecule has 2 saturated carbocycles. The van der Waals surface area contributed by atoms with E-state index in [1.807, 2.05) is 0 Å². The molecule has 0 amide bonds. The lowest BCUT2D eigenvalue weighted by Gasteiger charge is -2.55. The van der Waals surface area contributed by atoms with Gasteiger partial charge >= 0.3 is 0 Å². The lowest BCUT2D eigenvalue weighted by Crippen LogP contribution is -2.50. The number of fused-ring (bicyclic) bond motifs is 4. The molecule has 2 atom stereocenters. The van der Waals surface area contributed by atoms with Crippen LogP contribution in [0.3, 0.4) is 0 Å². The Hall–Kier alpha value is -1.96. The summed E-state index contributed by atoms with van der Waals surface area (Å²) in [6, 6.07) is 13.9. The molecule has 2 heteroatoms. The Kier molecular flexibility index (Phi) is 4.59. The minimum Gasteiger partial charge on any atom is -0.493 e. The van der Waals surface area contributed by atoms with Crippen LogP contribution in [0, 0.1) is 5.92 Å². The topological polar surface area (TPSA) is 18.5 Å². The van der Waals surface area contributed by atoms with E-state index in [9.17, 15) is 0 Å². The largest absolute Gasteiger partial charge is 0.493 e. The van der Waals surface area contributed by atoms with Crippen molar-refractivity contribution in [2.75, 3.05) is 13.2 Å². The molecule has 33 heavy (non-hydrogen) atoms. The second-order valence-electron chi connectivity index (χ2n) is 13.1. The van der Waals surface area contributed by atoms with Crippen LogP contribution in [0.25, 0.3) is 0 Å². The SMILES string of the molecule is CC(C)(C)c1cccc2c1OCCC21CCC1CC(C)(C)c1cccc2c1OCCC21CC1. The van der Waals surface area contributed by atoms with Gasteiger partial charge in [-0.3, -0.25) is 0 Å². The van der Waals surface area contributed by atoms with E-state index < -0.39 is 0 Å². The minimum atomic E-state index is 0.0942. The third-order valence-electron chi connectivity index (χ3n) is 9.63. The highest BCUT2D eigenvalue weighted by atomic mass is 16.5. The average molecular weight is 445 g/mol. The number of rotatable bonds is 3. The standard InChI is InChI=1S/C31H40O2/c1-28(2,3)22-8-6-11-25-26(22)33-19-17-31(25)13-12-21(31)20-29(4,5)23-9-7-10-24-27(23)32-18-16-30(24)14-15-30/h6-11,21H,12-20H2,1-5H3. The summed E-state index contributed by atoms with van der Waals surface area (Å²) in [5.74, 6) is 3.11. The molecule has 2 heterocycles. The molecular weight excluding hydrogens is 404 g/mol. The molecule has 2 aromatic carbocycles. The van der Waals surface area contributed by atoms with Crippen LogP contribution in [0.5, 0.6) is 11.5 Å². The maximum atomic E-state index is 6.38. The summed E-state index contributed by atoms with van der Waals surface area (Å²) < 4.78 is 12.7. The van der Waals surface area contributed by atoms with Crippen molar-refractivity contribution in [3.8, 4) is 11.5 Å². The van der Waals surface area contributed by atoms with Crippen LogP contribution in [-0.4, -0.2) is 13.2 Å². The van der Waals surface area contributed by atoms with Gasteiger partial charge in [0.1, 0.15) is 11.5 Å². The molecule has 0 bridgehead atoms. The molecule has 2 aromatic rings. The van der Waals surface area contributed by atoms with E-state index in [0.717, 1.165) is 19.6 Å². The van der Waals surface area contributed by atoms with Crippen LogP contribution in [0.2, 0.25) is 0 Å². The molecule has 4 aliphatic rings. The van der Waals surface area contributed by atoms with Crippen molar-refractivity contribution in [3.63, 3.8) is 0 Å². The molecule has 2 spiro atoms. The summed E-state index contributed by atoms with van der Waals surface area (Å²) in [5.41, 5.74) is 6.68. The second kappa shape index (κ2) is 7.03. The lowest BCUT2D eigenvalue weighted by molar-refractivity contribution is 0.0448. The quantitative estimate of drug-likeness (QED) is 0.485. The van der Waals surface area contributed by atoms with Gasteiger partial charge in [0, 0.05) is 27.5 Å². The molecule has 176 valence electrons. The Bertz CT molecular complexity index is 1080. The van der Waals surface area contributed by atoms with E-state index in [4.69, 9.17) is 9.47 Å². The van der Waals surface area contributed by atoms with Crippen LogP contribution >= 0.6 is 0 Å². The Balaban J connectivity index is 1.34. The smallest absolute Gasteiger partial charge is 0.126 e. The van der Waals surface area contributed by atoms with Crippen molar-refractivity contribution in [2.24, 2.45) is 5.92 Å². The predicted octanol–water partition coefficient (Wildman–Crippen LogP) is 7.60. The van der Waals surface area contributed by atoms with Crippen LogP contribution in [0.15, 0.2) is 36.4 Å². The Morgan fingerprint density at radius 1 is 0.758 bits per heavy atom. The first-order chi connectivity index (χ1) is 15.7. The van der Waals surface area contributed by atoms with Crippen LogP contribution in [0.4, 0.5) is 0 Å². The zero-order valence-corrected chi connectivity index (χ0v) is 21.2. The first kappa shape index (κ1) is 21.6. The van der Waals surface area contributed by atoms with Gasteiger partial charge in [0.2, 0.25) is 0 Å². The minimum absolute atomic E-state index is 0.0942. The first-order valence-electron chi connectivity index (χ1n) is 13.2. The third-order valence-corrected chi connectivity index (χ3v) is 9.63. The number of para-hydroxylation sites is 2. The molecular formula is C31H40O2. The van der Waals surface area contributed by atoms with Crippen LogP contribution in [0.1, 0.15) is 102 Å². The summed E-state index contributed by atoms with van der Waals surface area (Å²) in [6.07, 6.45) is 8.85. The molecule has 0 radical (unpaired) electrons. The summed E-state index contributed by atoms with van der Waals surface area (Å²) in [4.78, 5) is 0. The van der Waals surface area contributed by atoms with Gasteiger partial charge in [-0.1, -0.05) is 71.0 Å². The number of ether oxygens (including phenoxy) is 2. The van der Waals surface area contributed by atoms with Gasteiger partial charge in [-0.2, -0.15) is 0 Å². The Morgan fingerprint density at radius 2 is 1.39 bits per heavy atom. The summed E-state index contributed by atoms with van der Waals surface area (Å²) in [5, 5.41) is 0. The van der Waals surface area contributed by atoms with Gasteiger partial charge in [-0.15, -0.1) is 0 Å². The molecule has 2 unspecified atom stereocenters. The molecule has 0 saturated heterocycles. The van der Waals surface area contributed by atoms with Crippen molar-refractivity contribution in [1.29, 1.82) is 0 Å². The number of hydrogen-bond acceptors (Lipinski definition) is 2. The van der Waals surface area contributed by atoms with Gasteiger partial charge < -0.3 is 9.47 Å². The van der Waals surface area contributed by atoms with Crippen LogP contribution < -0.4 is 9.47 Å². The Labute approximate surface area is 200 Å². The fourth-order valence-corrected chi connectivity index (χ4v) is 7.35. The van der Waals surface area contributed by atoms with Gasteiger partial charge in [0.15, 0.2) is 0 Å². The number of benzene rings is 2. The average Bonchev–Trinajstić information content (AvgIpc) is 3.55. The van der Waals surface area contributed by atoms with Crippen molar-refractivity contribution in [1.82, 2.24) is 0 Å². The maximum Gasteiger partial charge on any atom is 0.126 e. The fraction of sp³-hybridized carbons (Fsp3) is 0.613. The summed E-state index contributed by atoms with van der Waals surface area (Å²) in [7, 11) is 0. The zero-order valence-electron chi connectivity index (χ0n) is 21.2. The van der Waals surface area contributed by atoms with Gasteiger partial charge in [-0.05, 0) is 67.3 Å². The van der Waals surface area contributed by atoms with Crippen molar-refractivity contribution < 1.29 is 9.47 Å². The molecule has 2 aliphatic heterocycles. The molecule has 0 N–H and O–H groups in total. The highest BCUT2D eigenvalue weighted by Gasteiger charge is 2.53. The molecule has 2 fully saturated rings. The molecule has 6 rings (SSSR count). The maximum absolute atomic E-state index is 6.38. The molecule has 0 aromatic heterocycles. The first-order valence-corrected chi connectivity index (χ1v) is 13.2. The van der Waals surface area contributed by atoms with Gasteiger partial charge in [0.05, 0.1) is 13.2 Å². The van der Waals surface area contributed by atoms with Gasteiger partial charge in [0.25, 0.3) is 0 Å². The Morgan fingerprint density at radius 3 is 2.03 bits per heavy atom. The fourth-order valence-electron chi connectivity index (χ4n) is 7.35. The second-order valence-corrected chi connectivity index (χ2v) is 13.1. The number of hydrogen-bond donors (Lipinski definition) is 0. The van der Waals surface area contributed by atoms with E-state index in [2.05, 4.69) is 71.0 Å². The monoisotopic (exact) mass is 444 g/mol. The van der Waals surface area contributed by atoms with Crippen molar-refractivity contribution in [3.05, 3.63) is 58.7 Å². The normalized spacial score (nSPS) is 27.2. The van der Waals surface area contributed by atoms with E-state index in [1.54, 1.807) is 0 Å². The van der Waals surface area contributed by atoms with E-state index in [1.165, 1.54) is 72.3 Å². The predicted molar refractivity (Wildman–Crippen MR) is 135 cm³/mol. The molecule has 2 nitrogen and oxygen atoms in total. The lowest BCUT2D eigenvalue weighted by atomic mass is 9.51. The molecule has 2 aliphatic carbocycles. The van der Waals surface area contributed by atoms with E-state index in [0.29, 0.717) is 11.3 Å². The third kappa shape index (κ3) is 3.19. The highest BCUT2D eigenvalue weighted by molar-refractivity contribution is 5.54. The highest BCUT2D eigenvalue weighted by Crippen LogP contribution is 2.61. The van der Waals surface area contributed by atoms with Gasteiger partial charge in [-0.25, -0.2) is 0 Å². The van der Waals surface area contributed by atoms with Crippen molar-refractivity contribution in [2.45, 2.75) is 101 Å². The summed E-state index contributed by atoms with van der Waals surface area (Å²) in [6.45, 7) is 13.6.